The molecule has 2 rings (SSSR count). The van der Waals surface area contributed by atoms with Crippen molar-refractivity contribution in [1.82, 2.24) is 0 Å². The number of fused-ring (bicyclic) bond motifs is 1. The van der Waals surface area contributed by atoms with Gasteiger partial charge in [-0.15, -0.1) is 0 Å². The van der Waals surface area contributed by atoms with Crippen LogP contribution in [0.1, 0.15) is 60.3 Å². The van der Waals surface area contributed by atoms with Crippen molar-refractivity contribution in [1.29, 1.82) is 0 Å². The van der Waals surface area contributed by atoms with Crippen LogP contribution in [0.3, 0.4) is 0 Å². The maximum Gasteiger partial charge on any atom is 0.158 e. The van der Waals surface area contributed by atoms with Crippen LogP contribution in [0.2, 0.25) is 0 Å². The molecule has 90 valence electrons. The Morgan fingerprint density at radius 3 is 2.38 bits per heavy atom. The molecule has 1 heteroatoms. The molecular formula is C15H24O. The first kappa shape index (κ1) is 11.9. The summed E-state index contributed by atoms with van der Waals surface area (Å²) in [5.41, 5.74) is 3.00. The number of hydrogen-bond donors (Lipinski definition) is 0. The Bertz CT molecular complexity index is 362. The Morgan fingerprint density at radius 1 is 1.12 bits per heavy atom. The molecule has 2 aliphatic carbocycles. The summed E-state index contributed by atoms with van der Waals surface area (Å²) in [5, 5.41) is 0. The van der Waals surface area contributed by atoms with E-state index >= 15 is 0 Å². The van der Waals surface area contributed by atoms with Crippen LogP contribution >= 0.6 is 0 Å². The largest absolute Gasteiger partial charge is 0.295 e. The van der Waals surface area contributed by atoms with Crippen LogP contribution in [0.25, 0.3) is 0 Å². The third-order valence-corrected chi connectivity index (χ3v) is 5.46. The molecule has 0 amide bonds. The van der Waals surface area contributed by atoms with E-state index in [1.54, 1.807) is 0 Å². The molecule has 1 saturated carbocycles. The molecule has 0 heterocycles. The molecule has 0 aromatic rings. The molecular weight excluding hydrogens is 196 g/mol. The Balaban J connectivity index is 2.51. The molecule has 1 nitrogen and oxygen atoms in total. The second-order valence-corrected chi connectivity index (χ2v) is 6.69. The van der Waals surface area contributed by atoms with Gasteiger partial charge in [0.1, 0.15) is 0 Å². The van der Waals surface area contributed by atoms with Crippen LogP contribution in [0.5, 0.6) is 0 Å². The van der Waals surface area contributed by atoms with Crippen LogP contribution in [-0.4, -0.2) is 5.78 Å². The van der Waals surface area contributed by atoms with E-state index in [1.165, 1.54) is 24.8 Å². The lowest BCUT2D eigenvalue weighted by Gasteiger charge is -2.54. The minimum Gasteiger partial charge on any atom is -0.295 e. The summed E-state index contributed by atoms with van der Waals surface area (Å²) in [6.45, 7) is 11.3. The van der Waals surface area contributed by atoms with Gasteiger partial charge in [-0.3, -0.25) is 4.79 Å². The lowest BCUT2D eigenvalue weighted by molar-refractivity contribution is -0.121. The highest BCUT2D eigenvalue weighted by Crippen LogP contribution is 2.58. The van der Waals surface area contributed by atoms with Crippen LogP contribution in [-0.2, 0) is 4.79 Å². The van der Waals surface area contributed by atoms with Gasteiger partial charge in [-0.1, -0.05) is 32.8 Å². The minimum absolute atomic E-state index is 0.278. The van der Waals surface area contributed by atoms with Crippen LogP contribution in [0, 0.1) is 16.7 Å². The first-order valence-corrected chi connectivity index (χ1v) is 6.50. The Labute approximate surface area is 99.3 Å². The molecule has 0 spiro atoms. The molecule has 2 aliphatic rings. The maximum atomic E-state index is 12.0. The van der Waals surface area contributed by atoms with Crippen molar-refractivity contribution in [2.45, 2.75) is 60.3 Å². The van der Waals surface area contributed by atoms with Crippen molar-refractivity contribution in [2.75, 3.05) is 0 Å². The van der Waals surface area contributed by atoms with E-state index in [1.807, 2.05) is 6.92 Å². The predicted octanol–water partition coefficient (Wildman–Crippen LogP) is 4.13. The van der Waals surface area contributed by atoms with Gasteiger partial charge in [0.2, 0.25) is 0 Å². The van der Waals surface area contributed by atoms with Crippen LogP contribution in [0.4, 0.5) is 0 Å². The zero-order valence-electron chi connectivity index (χ0n) is 11.3. The van der Waals surface area contributed by atoms with Gasteiger partial charge in [-0.05, 0) is 49.0 Å². The highest BCUT2D eigenvalue weighted by molar-refractivity contribution is 5.97. The number of allylic oxidation sites excluding steroid dienone is 2. The van der Waals surface area contributed by atoms with Crippen LogP contribution < -0.4 is 0 Å². The Kier molecular flexibility index (Phi) is 2.56. The van der Waals surface area contributed by atoms with Gasteiger partial charge in [0.15, 0.2) is 5.78 Å². The molecule has 0 aromatic carbocycles. The van der Waals surface area contributed by atoms with Crippen molar-refractivity contribution in [2.24, 2.45) is 16.7 Å². The number of ketones is 1. The van der Waals surface area contributed by atoms with Crippen molar-refractivity contribution < 1.29 is 4.79 Å². The van der Waals surface area contributed by atoms with Gasteiger partial charge in [0, 0.05) is 6.42 Å². The van der Waals surface area contributed by atoms with E-state index in [0.29, 0.717) is 17.1 Å². The van der Waals surface area contributed by atoms with E-state index in [2.05, 4.69) is 27.7 Å². The average molecular weight is 220 g/mol. The average Bonchev–Trinajstić information content (AvgIpc) is 2.19. The number of Topliss-reactive ketones (excluding diaryl/α,β-unsaturated/α-hetero) is 1. The summed E-state index contributed by atoms with van der Waals surface area (Å²) in [7, 11) is 0. The summed E-state index contributed by atoms with van der Waals surface area (Å²) in [4.78, 5) is 12.0. The monoisotopic (exact) mass is 220 g/mol. The number of rotatable bonds is 0. The lowest BCUT2D eigenvalue weighted by atomic mass is 9.50. The summed E-state index contributed by atoms with van der Waals surface area (Å²) in [6.07, 6.45) is 4.61. The highest BCUT2D eigenvalue weighted by Gasteiger charge is 2.50. The van der Waals surface area contributed by atoms with Gasteiger partial charge in [0.25, 0.3) is 0 Å². The maximum absolute atomic E-state index is 12.0. The first-order chi connectivity index (χ1) is 7.29. The molecule has 0 unspecified atom stereocenters. The molecule has 0 saturated heterocycles. The zero-order valence-corrected chi connectivity index (χ0v) is 11.3. The van der Waals surface area contributed by atoms with E-state index in [9.17, 15) is 4.79 Å². The van der Waals surface area contributed by atoms with E-state index in [-0.39, 0.29) is 5.41 Å². The summed E-state index contributed by atoms with van der Waals surface area (Å²) in [6, 6.07) is 0. The lowest BCUT2D eigenvalue weighted by Crippen LogP contribution is -2.46. The van der Waals surface area contributed by atoms with Gasteiger partial charge in [0.05, 0.1) is 0 Å². The molecule has 1 fully saturated rings. The topological polar surface area (TPSA) is 17.1 Å². The van der Waals surface area contributed by atoms with E-state index in [0.717, 1.165) is 12.0 Å². The van der Waals surface area contributed by atoms with E-state index < -0.39 is 0 Å². The predicted molar refractivity (Wildman–Crippen MR) is 67.2 cm³/mol. The third-order valence-electron chi connectivity index (χ3n) is 5.46. The summed E-state index contributed by atoms with van der Waals surface area (Å²) < 4.78 is 0. The number of carbonyl (C=O) groups excluding carboxylic acids is 1. The number of carbonyl (C=O) groups is 1. The number of hydrogen-bond acceptors (Lipinski definition) is 1. The van der Waals surface area contributed by atoms with Gasteiger partial charge >= 0.3 is 0 Å². The summed E-state index contributed by atoms with van der Waals surface area (Å²) in [5.74, 6) is 0.930. The van der Waals surface area contributed by atoms with Gasteiger partial charge in [-0.2, -0.15) is 0 Å². The zero-order chi connectivity index (χ0) is 12.1. The second-order valence-electron chi connectivity index (χ2n) is 6.69. The molecule has 16 heavy (non-hydrogen) atoms. The quantitative estimate of drug-likeness (QED) is 0.600. The minimum atomic E-state index is 0.278. The fraction of sp³-hybridized carbons (Fsp3) is 0.800. The van der Waals surface area contributed by atoms with Crippen molar-refractivity contribution in [3.63, 3.8) is 0 Å². The normalized spacial score (nSPS) is 38.6. The fourth-order valence-corrected chi connectivity index (χ4v) is 4.05. The highest BCUT2D eigenvalue weighted by atomic mass is 16.1. The standard InChI is InChI=1S/C15H24O/c1-10-11(2)15(5)8-6-7-14(3,4)13(15)9-12(10)16/h13H,6-9H2,1-5H3/t13-,15+/m0/s1. The third kappa shape index (κ3) is 1.48. The van der Waals surface area contributed by atoms with Crippen molar-refractivity contribution >= 4 is 5.78 Å². The van der Waals surface area contributed by atoms with Gasteiger partial charge in [-0.25, -0.2) is 0 Å². The molecule has 2 atom stereocenters. The SMILES string of the molecule is CC1=C(C)[C@@]2(C)CCCC(C)(C)[C@@H]2CC1=O. The molecule has 0 radical (unpaired) electrons. The molecule has 0 bridgehead atoms. The smallest absolute Gasteiger partial charge is 0.158 e. The Hall–Kier alpha value is -0.590. The molecule has 0 N–H and O–H groups in total. The van der Waals surface area contributed by atoms with Crippen molar-refractivity contribution in [3.05, 3.63) is 11.1 Å². The van der Waals surface area contributed by atoms with Crippen LogP contribution in [0.15, 0.2) is 11.1 Å². The molecule has 0 aromatic heterocycles. The second kappa shape index (κ2) is 3.45. The molecule has 0 aliphatic heterocycles. The first-order valence-electron chi connectivity index (χ1n) is 6.50. The van der Waals surface area contributed by atoms with Crippen molar-refractivity contribution in [3.8, 4) is 0 Å². The summed E-state index contributed by atoms with van der Waals surface area (Å²) >= 11 is 0. The van der Waals surface area contributed by atoms with E-state index in [4.69, 9.17) is 0 Å². The Morgan fingerprint density at radius 2 is 1.75 bits per heavy atom. The van der Waals surface area contributed by atoms with Gasteiger partial charge < -0.3 is 0 Å². The fourth-order valence-electron chi connectivity index (χ4n) is 4.05.